The maximum absolute atomic E-state index is 6.12. The topological polar surface area (TPSA) is 31.4 Å². The van der Waals surface area contributed by atoms with Gasteiger partial charge in [-0.05, 0) is 50.9 Å². The van der Waals surface area contributed by atoms with Crippen LogP contribution in [0.4, 0.5) is 0 Å². The zero-order valence-corrected chi connectivity index (χ0v) is 15.1. The average Bonchev–Trinajstić information content (AvgIpc) is 2.82. The van der Waals surface area contributed by atoms with E-state index in [1.54, 1.807) is 0 Å². The third-order valence-corrected chi connectivity index (χ3v) is 5.36. The summed E-state index contributed by atoms with van der Waals surface area (Å²) in [4.78, 5) is 4.55. The number of nitrogens with zero attached hydrogens (tertiary/aromatic N) is 1. The van der Waals surface area contributed by atoms with E-state index < -0.39 is 0 Å². The molecule has 0 N–H and O–H groups in total. The van der Waals surface area contributed by atoms with Crippen molar-refractivity contribution in [1.29, 1.82) is 0 Å². The fourth-order valence-corrected chi connectivity index (χ4v) is 3.04. The second kappa shape index (κ2) is 5.68. The molecule has 1 aromatic heterocycles. The molecule has 3 nitrogen and oxygen atoms in total. The summed E-state index contributed by atoms with van der Waals surface area (Å²) in [6, 6.07) is 18.7. The molecule has 2 heterocycles. The Labute approximate surface area is 149 Å². The minimum absolute atomic E-state index is 0.321. The minimum Gasteiger partial charge on any atom is -0.399 e. The molecule has 1 aliphatic rings. The average molecular weight is 331 g/mol. The quantitative estimate of drug-likeness (QED) is 0.660. The van der Waals surface area contributed by atoms with E-state index in [-0.39, 0.29) is 18.3 Å². The van der Waals surface area contributed by atoms with Crippen molar-refractivity contribution in [1.82, 2.24) is 4.98 Å². The van der Waals surface area contributed by atoms with Crippen molar-refractivity contribution in [2.24, 2.45) is 0 Å². The van der Waals surface area contributed by atoms with Crippen molar-refractivity contribution < 1.29 is 9.31 Å². The molecule has 0 saturated carbocycles. The molecule has 1 saturated heterocycles. The van der Waals surface area contributed by atoms with Crippen LogP contribution in [0.25, 0.3) is 22.0 Å². The lowest BCUT2D eigenvalue weighted by Gasteiger charge is -2.32. The molecule has 4 heteroatoms. The molecule has 1 fully saturated rings. The lowest BCUT2D eigenvalue weighted by atomic mass is 9.78. The zero-order chi connectivity index (χ0) is 17.7. The number of aromatic nitrogens is 1. The first-order chi connectivity index (χ1) is 11.9. The molecule has 0 aliphatic carbocycles. The van der Waals surface area contributed by atoms with Gasteiger partial charge in [-0.3, -0.25) is 4.98 Å². The molecular weight excluding hydrogens is 309 g/mol. The van der Waals surface area contributed by atoms with Crippen molar-refractivity contribution in [2.75, 3.05) is 0 Å². The summed E-state index contributed by atoms with van der Waals surface area (Å²) in [5.41, 5.74) is 3.66. The van der Waals surface area contributed by atoms with Crippen molar-refractivity contribution in [3.63, 3.8) is 0 Å². The summed E-state index contributed by atoms with van der Waals surface area (Å²) in [7, 11) is -0.325. The molecule has 0 spiro atoms. The van der Waals surface area contributed by atoms with Gasteiger partial charge in [0.1, 0.15) is 0 Å². The van der Waals surface area contributed by atoms with E-state index in [2.05, 4.69) is 69.1 Å². The molecule has 126 valence electrons. The first kappa shape index (κ1) is 16.3. The number of hydrogen-bond donors (Lipinski definition) is 0. The minimum atomic E-state index is -0.325. The number of fused-ring (bicyclic) bond motifs is 1. The van der Waals surface area contributed by atoms with Crippen LogP contribution >= 0.6 is 0 Å². The van der Waals surface area contributed by atoms with Crippen LogP contribution < -0.4 is 5.46 Å². The fourth-order valence-electron chi connectivity index (χ4n) is 3.04. The Kier molecular flexibility index (Phi) is 3.71. The number of hydrogen-bond acceptors (Lipinski definition) is 3. The third-order valence-electron chi connectivity index (χ3n) is 5.36. The van der Waals surface area contributed by atoms with Gasteiger partial charge in [-0.2, -0.15) is 0 Å². The van der Waals surface area contributed by atoms with Gasteiger partial charge in [0, 0.05) is 17.1 Å². The normalized spacial score (nSPS) is 18.6. The summed E-state index contributed by atoms with van der Waals surface area (Å²) in [6.07, 6.45) is 1.92. The Bertz CT molecular complexity index is 903. The highest BCUT2D eigenvalue weighted by Gasteiger charge is 2.51. The van der Waals surface area contributed by atoms with Crippen molar-refractivity contribution in [3.05, 3.63) is 60.8 Å². The number of rotatable bonds is 2. The van der Waals surface area contributed by atoms with E-state index >= 15 is 0 Å². The smallest absolute Gasteiger partial charge is 0.399 e. The highest BCUT2D eigenvalue weighted by molar-refractivity contribution is 6.62. The summed E-state index contributed by atoms with van der Waals surface area (Å²) in [5, 5.41) is 1.15. The number of para-hydroxylation sites is 1. The van der Waals surface area contributed by atoms with Gasteiger partial charge in [0.15, 0.2) is 0 Å². The van der Waals surface area contributed by atoms with Gasteiger partial charge in [-0.15, -0.1) is 0 Å². The van der Waals surface area contributed by atoms with Crippen LogP contribution in [-0.4, -0.2) is 23.3 Å². The van der Waals surface area contributed by atoms with Gasteiger partial charge in [0.2, 0.25) is 0 Å². The molecule has 2 aromatic carbocycles. The van der Waals surface area contributed by atoms with Gasteiger partial charge in [0.05, 0.1) is 16.7 Å². The first-order valence-electron chi connectivity index (χ1n) is 8.66. The Balaban J connectivity index is 1.62. The molecule has 25 heavy (non-hydrogen) atoms. The monoisotopic (exact) mass is 331 g/mol. The van der Waals surface area contributed by atoms with Gasteiger partial charge in [-0.1, -0.05) is 42.5 Å². The molecule has 0 amide bonds. The highest BCUT2D eigenvalue weighted by Crippen LogP contribution is 2.36. The first-order valence-corrected chi connectivity index (χ1v) is 8.66. The zero-order valence-electron chi connectivity index (χ0n) is 15.1. The van der Waals surface area contributed by atoms with Crippen LogP contribution in [0.5, 0.6) is 0 Å². The van der Waals surface area contributed by atoms with Crippen LogP contribution in [-0.2, 0) is 9.31 Å². The number of pyridine rings is 1. The van der Waals surface area contributed by atoms with Crippen LogP contribution in [0.15, 0.2) is 60.8 Å². The predicted molar refractivity (Wildman–Crippen MR) is 103 cm³/mol. The SMILES string of the molecule is CC1(C)OB(c2ccc(-c3cnc4ccccc4c3)cc2)OC1(C)C. The molecule has 4 rings (SSSR count). The molecular formula is C21H22BNO2. The lowest BCUT2D eigenvalue weighted by molar-refractivity contribution is 0.00578. The van der Waals surface area contributed by atoms with E-state index in [1.807, 2.05) is 24.4 Å². The molecule has 3 aromatic rings. The highest BCUT2D eigenvalue weighted by atomic mass is 16.7. The largest absolute Gasteiger partial charge is 0.494 e. The van der Waals surface area contributed by atoms with E-state index in [0.29, 0.717) is 0 Å². The molecule has 1 aliphatic heterocycles. The van der Waals surface area contributed by atoms with E-state index in [0.717, 1.165) is 27.5 Å². The molecule has 0 bridgehead atoms. The lowest BCUT2D eigenvalue weighted by Crippen LogP contribution is -2.41. The maximum Gasteiger partial charge on any atom is 0.494 e. The van der Waals surface area contributed by atoms with Crippen LogP contribution in [0.1, 0.15) is 27.7 Å². The van der Waals surface area contributed by atoms with E-state index in [1.165, 1.54) is 0 Å². The summed E-state index contributed by atoms with van der Waals surface area (Å²) >= 11 is 0. The van der Waals surface area contributed by atoms with Gasteiger partial charge in [-0.25, -0.2) is 0 Å². The maximum atomic E-state index is 6.12. The summed E-state index contributed by atoms with van der Waals surface area (Å²) in [6.45, 7) is 8.29. The fraction of sp³-hybridized carbons (Fsp3) is 0.286. The van der Waals surface area contributed by atoms with Gasteiger partial charge >= 0.3 is 7.12 Å². The van der Waals surface area contributed by atoms with E-state index in [4.69, 9.17) is 9.31 Å². The third kappa shape index (κ3) is 2.86. The molecule has 0 atom stereocenters. The predicted octanol–water partition coefficient (Wildman–Crippen LogP) is 4.20. The van der Waals surface area contributed by atoms with Crippen molar-refractivity contribution in [3.8, 4) is 11.1 Å². The number of benzene rings is 2. The van der Waals surface area contributed by atoms with Crippen LogP contribution in [0.2, 0.25) is 0 Å². The van der Waals surface area contributed by atoms with Gasteiger partial charge in [0.25, 0.3) is 0 Å². The van der Waals surface area contributed by atoms with E-state index in [9.17, 15) is 0 Å². The Morgan fingerprint density at radius 1 is 0.800 bits per heavy atom. The second-order valence-corrected chi connectivity index (χ2v) is 7.63. The Morgan fingerprint density at radius 2 is 1.44 bits per heavy atom. The van der Waals surface area contributed by atoms with Crippen molar-refractivity contribution in [2.45, 2.75) is 38.9 Å². The summed E-state index contributed by atoms with van der Waals surface area (Å²) < 4.78 is 12.2. The molecule has 0 radical (unpaired) electrons. The van der Waals surface area contributed by atoms with Crippen LogP contribution in [0.3, 0.4) is 0 Å². The van der Waals surface area contributed by atoms with Gasteiger partial charge < -0.3 is 9.31 Å². The Morgan fingerprint density at radius 3 is 2.12 bits per heavy atom. The second-order valence-electron chi connectivity index (χ2n) is 7.63. The van der Waals surface area contributed by atoms with Crippen molar-refractivity contribution >= 4 is 23.5 Å². The van der Waals surface area contributed by atoms with Crippen LogP contribution in [0, 0.1) is 0 Å². The molecule has 0 unspecified atom stereocenters. The Hall–Kier alpha value is -2.17. The standard InChI is InChI=1S/C21H22BNO2/c1-20(2)21(3,4)25-22(24-20)18-11-9-15(10-12-18)17-13-16-7-5-6-8-19(16)23-14-17/h5-14H,1-4H3. The summed E-state index contributed by atoms with van der Waals surface area (Å²) in [5.74, 6) is 0.